The van der Waals surface area contributed by atoms with Gasteiger partial charge < -0.3 is 9.64 Å². The van der Waals surface area contributed by atoms with Gasteiger partial charge in [0.15, 0.2) is 0 Å². The summed E-state index contributed by atoms with van der Waals surface area (Å²) < 4.78 is 4.79. The fraction of sp³-hybridized carbons (Fsp3) is 0.500. The lowest BCUT2D eigenvalue weighted by Gasteiger charge is -2.31. The molecule has 0 saturated carbocycles. The maximum atomic E-state index is 12.9. The van der Waals surface area contributed by atoms with Gasteiger partial charge in [-0.3, -0.25) is 24.1 Å². The number of carbonyl (C=O) groups is 4. The van der Waals surface area contributed by atoms with Crippen LogP contribution in [0.25, 0.3) is 0 Å². The van der Waals surface area contributed by atoms with Crippen LogP contribution in [0, 0.1) is 11.8 Å². The highest BCUT2D eigenvalue weighted by atomic mass is 16.5. The molecule has 0 aliphatic carbocycles. The van der Waals surface area contributed by atoms with E-state index in [9.17, 15) is 19.2 Å². The maximum Gasteiger partial charge on any atom is 0.310 e. The minimum atomic E-state index is -0.357. The minimum absolute atomic E-state index is 0.164. The van der Waals surface area contributed by atoms with Crippen molar-refractivity contribution >= 4 is 23.7 Å². The summed E-state index contributed by atoms with van der Waals surface area (Å²) in [5.74, 6) is -1.39. The second-order valence-corrected chi connectivity index (χ2v) is 7.49. The zero-order chi connectivity index (χ0) is 19.7. The van der Waals surface area contributed by atoms with Gasteiger partial charge in [-0.15, -0.1) is 0 Å². The third-order valence-corrected chi connectivity index (χ3v) is 5.01. The summed E-state index contributed by atoms with van der Waals surface area (Å²) in [6.07, 6.45) is 1.41. The summed E-state index contributed by atoms with van der Waals surface area (Å²) in [5, 5.41) is 0. The molecule has 0 N–H and O–H groups in total. The lowest BCUT2D eigenvalue weighted by atomic mass is 9.97. The second kappa shape index (κ2) is 7.50. The van der Waals surface area contributed by atoms with Gasteiger partial charge in [0.25, 0.3) is 17.7 Å². The summed E-state index contributed by atoms with van der Waals surface area (Å²) >= 11 is 0. The number of benzene rings is 1. The van der Waals surface area contributed by atoms with Crippen LogP contribution in [0.4, 0.5) is 0 Å². The lowest BCUT2D eigenvalue weighted by Crippen LogP contribution is -2.42. The van der Waals surface area contributed by atoms with E-state index in [1.165, 1.54) is 18.1 Å². The van der Waals surface area contributed by atoms with Crippen LogP contribution in [0.5, 0.6) is 0 Å². The van der Waals surface area contributed by atoms with Gasteiger partial charge in [-0.1, -0.05) is 13.8 Å². The number of imide groups is 1. The van der Waals surface area contributed by atoms with E-state index in [1.54, 1.807) is 17.0 Å². The van der Waals surface area contributed by atoms with Gasteiger partial charge in [-0.2, -0.15) is 0 Å². The van der Waals surface area contributed by atoms with Gasteiger partial charge in [0, 0.05) is 25.2 Å². The van der Waals surface area contributed by atoms with E-state index in [0.29, 0.717) is 37.2 Å². The van der Waals surface area contributed by atoms with E-state index in [0.717, 1.165) is 6.42 Å². The molecule has 144 valence electrons. The Morgan fingerprint density at radius 3 is 2.56 bits per heavy atom. The summed E-state index contributed by atoms with van der Waals surface area (Å²) in [6, 6.07) is 4.62. The highest BCUT2D eigenvalue weighted by molar-refractivity contribution is 6.22. The van der Waals surface area contributed by atoms with Crippen LogP contribution in [0.1, 0.15) is 57.8 Å². The quantitative estimate of drug-likeness (QED) is 0.596. The van der Waals surface area contributed by atoms with Crippen LogP contribution in [0.15, 0.2) is 18.2 Å². The van der Waals surface area contributed by atoms with E-state index < -0.39 is 0 Å². The Bertz CT molecular complexity index is 802. The van der Waals surface area contributed by atoms with Crippen LogP contribution >= 0.6 is 0 Å². The molecular weight excluding hydrogens is 348 g/mol. The normalized spacial score (nSPS) is 19.5. The summed E-state index contributed by atoms with van der Waals surface area (Å²) in [4.78, 5) is 52.5. The molecule has 0 radical (unpaired) electrons. The third-order valence-electron chi connectivity index (χ3n) is 5.01. The number of amides is 3. The van der Waals surface area contributed by atoms with Crippen molar-refractivity contribution in [1.82, 2.24) is 9.80 Å². The van der Waals surface area contributed by atoms with E-state index in [1.807, 2.05) is 13.8 Å². The van der Waals surface area contributed by atoms with Crippen molar-refractivity contribution in [2.24, 2.45) is 11.8 Å². The first-order valence-corrected chi connectivity index (χ1v) is 9.20. The van der Waals surface area contributed by atoms with E-state index in [-0.39, 0.29) is 41.1 Å². The van der Waals surface area contributed by atoms with Gasteiger partial charge in [0.2, 0.25) is 0 Å². The van der Waals surface area contributed by atoms with Crippen LogP contribution in [0.2, 0.25) is 0 Å². The average molecular weight is 372 g/mol. The highest BCUT2D eigenvalue weighted by Crippen LogP contribution is 2.26. The third kappa shape index (κ3) is 3.59. The fourth-order valence-corrected chi connectivity index (χ4v) is 3.66. The molecule has 1 unspecified atom stereocenters. The Kier molecular flexibility index (Phi) is 5.30. The van der Waals surface area contributed by atoms with E-state index in [4.69, 9.17) is 4.74 Å². The smallest absolute Gasteiger partial charge is 0.310 e. The molecule has 1 saturated heterocycles. The fourth-order valence-electron chi connectivity index (χ4n) is 3.66. The predicted molar refractivity (Wildman–Crippen MR) is 97.3 cm³/mol. The molecule has 1 aromatic rings. The lowest BCUT2D eigenvalue weighted by molar-refractivity contribution is -0.146. The Labute approximate surface area is 158 Å². The SMILES string of the molecule is COC(=O)C1CCCN(C(=O)c2ccc3c(c2)C(=O)N(CC(C)C)C3=O)C1. The highest BCUT2D eigenvalue weighted by Gasteiger charge is 2.37. The Balaban J connectivity index is 1.81. The number of esters is 1. The minimum Gasteiger partial charge on any atom is -0.469 e. The van der Waals surface area contributed by atoms with Crippen LogP contribution in [0.3, 0.4) is 0 Å². The zero-order valence-electron chi connectivity index (χ0n) is 15.9. The number of likely N-dealkylation sites (tertiary alicyclic amines) is 1. The first-order chi connectivity index (χ1) is 12.8. The van der Waals surface area contributed by atoms with Crippen molar-refractivity contribution in [3.63, 3.8) is 0 Å². The molecule has 3 rings (SSSR count). The number of ether oxygens (including phenoxy) is 1. The molecule has 1 atom stereocenters. The second-order valence-electron chi connectivity index (χ2n) is 7.49. The molecule has 7 nitrogen and oxygen atoms in total. The standard InChI is InChI=1S/C20H24N2O5/c1-12(2)10-22-18(24)15-7-6-13(9-16(15)19(22)25)17(23)21-8-4-5-14(11-21)20(26)27-3/h6-7,9,12,14H,4-5,8,10-11H2,1-3H3. The van der Waals surface area contributed by atoms with Crippen molar-refractivity contribution in [1.29, 1.82) is 0 Å². The van der Waals surface area contributed by atoms with Gasteiger partial charge in [-0.25, -0.2) is 0 Å². The molecule has 0 spiro atoms. The van der Waals surface area contributed by atoms with Gasteiger partial charge >= 0.3 is 5.97 Å². The van der Waals surface area contributed by atoms with Crippen molar-refractivity contribution in [3.8, 4) is 0 Å². The topological polar surface area (TPSA) is 84.0 Å². The molecule has 3 amide bonds. The van der Waals surface area contributed by atoms with Gasteiger partial charge in [0.05, 0.1) is 24.2 Å². The number of piperidine rings is 1. The average Bonchev–Trinajstić information content (AvgIpc) is 2.91. The summed E-state index contributed by atoms with van der Waals surface area (Å²) in [7, 11) is 1.34. The van der Waals surface area contributed by atoms with Gasteiger partial charge in [0.1, 0.15) is 0 Å². The zero-order valence-corrected chi connectivity index (χ0v) is 15.9. The maximum absolute atomic E-state index is 12.9. The molecule has 2 aliphatic heterocycles. The number of fused-ring (bicyclic) bond motifs is 1. The monoisotopic (exact) mass is 372 g/mol. The Hall–Kier alpha value is -2.70. The predicted octanol–water partition coefficient (Wildman–Crippen LogP) is 1.96. The first-order valence-electron chi connectivity index (χ1n) is 9.20. The van der Waals surface area contributed by atoms with E-state index >= 15 is 0 Å². The molecule has 27 heavy (non-hydrogen) atoms. The molecule has 1 aromatic carbocycles. The number of hydrogen-bond acceptors (Lipinski definition) is 5. The molecular formula is C20H24N2O5. The molecule has 2 aliphatic rings. The molecule has 0 aromatic heterocycles. The molecule has 2 heterocycles. The number of nitrogens with zero attached hydrogens (tertiary/aromatic N) is 2. The van der Waals surface area contributed by atoms with E-state index in [2.05, 4.69) is 0 Å². The van der Waals surface area contributed by atoms with Crippen LogP contribution < -0.4 is 0 Å². The van der Waals surface area contributed by atoms with Crippen LogP contribution in [-0.2, 0) is 9.53 Å². The van der Waals surface area contributed by atoms with Gasteiger partial charge in [-0.05, 0) is 37.0 Å². The van der Waals surface area contributed by atoms with Crippen molar-refractivity contribution in [2.75, 3.05) is 26.7 Å². The van der Waals surface area contributed by atoms with Crippen molar-refractivity contribution < 1.29 is 23.9 Å². The number of hydrogen-bond donors (Lipinski definition) is 0. The number of carbonyl (C=O) groups excluding carboxylic acids is 4. The summed E-state index contributed by atoms with van der Waals surface area (Å²) in [5.41, 5.74) is 0.961. The molecule has 7 heteroatoms. The van der Waals surface area contributed by atoms with Crippen LogP contribution in [-0.4, -0.2) is 60.2 Å². The van der Waals surface area contributed by atoms with Crippen molar-refractivity contribution in [3.05, 3.63) is 34.9 Å². The first kappa shape index (κ1) is 19.1. The number of methoxy groups -OCH3 is 1. The Morgan fingerprint density at radius 2 is 1.89 bits per heavy atom. The number of rotatable bonds is 4. The van der Waals surface area contributed by atoms with Crippen molar-refractivity contribution in [2.45, 2.75) is 26.7 Å². The Morgan fingerprint density at radius 1 is 1.19 bits per heavy atom. The molecule has 0 bridgehead atoms. The largest absolute Gasteiger partial charge is 0.469 e. The summed E-state index contributed by atoms with van der Waals surface area (Å²) in [6.45, 7) is 5.08. The molecule has 1 fully saturated rings.